The molecule has 2 aromatic heterocycles. The molecule has 0 amide bonds. The average molecular weight is 247 g/mol. The Kier molecular flexibility index (Phi) is 4.25. The van der Waals surface area contributed by atoms with Gasteiger partial charge in [-0.3, -0.25) is 16.3 Å². The van der Waals surface area contributed by atoms with E-state index in [-0.39, 0.29) is 6.04 Å². The maximum atomic E-state index is 5.63. The monoisotopic (exact) mass is 247 g/mol. The summed E-state index contributed by atoms with van der Waals surface area (Å²) >= 11 is 1.81. The van der Waals surface area contributed by atoms with Gasteiger partial charge in [-0.1, -0.05) is 13.0 Å². The highest BCUT2D eigenvalue weighted by Crippen LogP contribution is 2.25. The zero-order valence-corrected chi connectivity index (χ0v) is 10.7. The molecule has 0 saturated carbocycles. The topological polar surface area (TPSA) is 50.9 Å². The second kappa shape index (κ2) is 5.91. The van der Waals surface area contributed by atoms with Crippen molar-refractivity contribution >= 4 is 11.3 Å². The van der Waals surface area contributed by atoms with Crippen molar-refractivity contribution in [3.8, 4) is 0 Å². The van der Waals surface area contributed by atoms with Crippen molar-refractivity contribution in [2.45, 2.75) is 25.8 Å². The van der Waals surface area contributed by atoms with Gasteiger partial charge in [-0.15, -0.1) is 11.3 Å². The number of nitrogens with two attached hydrogens (primary N) is 1. The molecule has 17 heavy (non-hydrogen) atoms. The Morgan fingerprint density at radius 3 is 2.82 bits per heavy atom. The second-order valence-electron chi connectivity index (χ2n) is 3.90. The van der Waals surface area contributed by atoms with E-state index in [0.717, 1.165) is 18.5 Å². The molecule has 2 heterocycles. The Labute approximate surface area is 106 Å². The molecule has 0 radical (unpaired) electrons. The summed E-state index contributed by atoms with van der Waals surface area (Å²) in [5.41, 5.74) is 3.93. The molecule has 0 aliphatic rings. The number of nitrogens with one attached hydrogen (secondary N) is 1. The van der Waals surface area contributed by atoms with E-state index in [4.69, 9.17) is 5.84 Å². The van der Waals surface area contributed by atoms with Crippen LogP contribution in [0.3, 0.4) is 0 Å². The molecule has 3 N–H and O–H groups in total. The molecule has 0 saturated heterocycles. The van der Waals surface area contributed by atoms with Crippen LogP contribution in [0.25, 0.3) is 0 Å². The summed E-state index contributed by atoms with van der Waals surface area (Å²) in [7, 11) is 0. The van der Waals surface area contributed by atoms with Gasteiger partial charge in [0.25, 0.3) is 0 Å². The predicted octanol–water partition coefficient (Wildman–Crippen LogP) is 2.45. The minimum absolute atomic E-state index is 0.148. The van der Waals surface area contributed by atoms with Gasteiger partial charge in [-0.2, -0.15) is 0 Å². The average Bonchev–Trinajstić information content (AvgIpc) is 2.86. The van der Waals surface area contributed by atoms with Gasteiger partial charge in [0.15, 0.2) is 0 Å². The molecule has 1 atom stereocenters. The van der Waals surface area contributed by atoms with Crippen molar-refractivity contribution in [1.82, 2.24) is 10.4 Å². The number of hydrogen-bond donors (Lipinski definition) is 2. The predicted molar refractivity (Wildman–Crippen MR) is 71.7 cm³/mol. The van der Waals surface area contributed by atoms with Crippen LogP contribution in [0.5, 0.6) is 0 Å². The normalized spacial score (nSPS) is 12.6. The third-order valence-electron chi connectivity index (χ3n) is 2.71. The van der Waals surface area contributed by atoms with E-state index in [1.807, 2.05) is 35.7 Å². The van der Waals surface area contributed by atoms with Crippen LogP contribution in [-0.4, -0.2) is 4.98 Å². The minimum Gasteiger partial charge on any atom is -0.271 e. The Bertz CT molecular complexity index is 453. The molecule has 0 bridgehead atoms. The van der Waals surface area contributed by atoms with Crippen LogP contribution in [-0.2, 0) is 12.8 Å². The van der Waals surface area contributed by atoms with E-state index in [0.29, 0.717) is 0 Å². The largest absolute Gasteiger partial charge is 0.271 e. The lowest BCUT2D eigenvalue weighted by molar-refractivity contribution is 0.554. The third-order valence-corrected chi connectivity index (χ3v) is 4.06. The van der Waals surface area contributed by atoms with Crippen LogP contribution in [0, 0.1) is 0 Å². The molecule has 0 aliphatic carbocycles. The number of nitrogens with zero attached hydrogens (tertiary/aromatic N) is 1. The first-order valence-electron chi connectivity index (χ1n) is 5.78. The molecular formula is C13H17N3S. The zero-order valence-electron chi connectivity index (χ0n) is 9.89. The molecule has 1 unspecified atom stereocenters. The van der Waals surface area contributed by atoms with Crippen molar-refractivity contribution in [2.75, 3.05) is 0 Å². The number of rotatable bonds is 5. The van der Waals surface area contributed by atoms with Crippen LogP contribution in [0.2, 0.25) is 0 Å². The van der Waals surface area contributed by atoms with Crippen molar-refractivity contribution in [2.24, 2.45) is 5.84 Å². The lowest BCUT2D eigenvalue weighted by Crippen LogP contribution is -2.29. The summed E-state index contributed by atoms with van der Waals surface area (Å²) < 4.78 is 0. The quantitative estimate of drug-likeness (QED) is 0.630. The fraction of sp³-hybridized carbons (Fsp3) is 0.308. The summed E-state index contributed by atoms with van der Waals surface area (Å²) in [6, 6.07) is 10.4. The molecule has 0 aromatic carbocycles. The number of aromatic nitrogens is 1. The summed E-state index contributed by atoms with van der Waals surface area (Å²) in [5.74, 6) is 5.63. The molecule has 2 rings (SSSR count). The first-order chi connectivity index (χ1) is 8.33. The van der Waals surface area contributed by atoms with Gasteiger partial charge in [0.05, 0.1) is 6.04 Å². The lowest BCUT2D eigenvalue weighted by Gasteiger charge is -2.13. The van der Waals surface area contributed by atoms with Gasteiger partial charge < -0.3 is 0 Å². The summed E-state index contributed by atoms with van der Waals surface area (Å²) in [6.07, 6.45) is 3.71. The van der Waals surface area contributed by atoms with E-state index in [9.17, 15) is 0 Å². The first kappa shape index (κ1) is 12.2. The lowest BCUT2D eigenvalue weighted by atomic mass is 10.1. The van der Waals surface area contributed by atoms with E-state index in [1.165, 1.54) is 9.75 Å². The Balaban J connectivity index is 2.11. The number of pyridine rings is 1. The smallest absolute Gasteiger partial charge is 0.0608 e. The molecule has 0 fully saturated rings. The molecule has 90 valence electrons. The van der Waals surface area contributed by atoms with E-state index < -0.39 is 0 Å². The third kappa shape index (κ3) is 3.12. The van der Waals surface area contributed by atoms with Crippen molar-refractivity contribution in [1.29, 1.82) is 0 Å². The summed E-state index contributed by atoms with van der Waals surface area (Å²) in [6.45, 7) is 2.17. The number of aryl methyl sites for hydroxylation is 1. The van der Waals surface area contributed by atoms with Crippen LogP contribution in [0.4, 0.5) is 0 Å². The minimum atomic E-state index is 0.148. The number of hydrogen-bond acceptors (Lipinski definition) is 4. The maximum absolute atomic E-state index is 5.63. The molecular weight excluding hydrogens is 230 g/mol. The molecule has 3 nitrogen and oxygen atoms in total. The Hall–Kier alpha value is -1.23. The van der Waals surface area contributed by atoms with Gasteiger partial charge in [0.2, 0.25) is 0 Å². The molecule has 2 aromatic rings. The van der Waals surface area contributed by atoms with Gasteiger partial charge in [0.1, 0.15) is 0 Å². The Morgan fingerprint density at radius 2 is 2.24 bits per heavy atom. The highest BCUT2D eigenvalue weighted by Gasteiger charge is 2.13. The van der Waals surface area contributed by atoms with Gasteiger partial charge in [0, 0.05) is 28.1 Å². The van der Waals surface area contributed by atoms with Gasteiger partial charge in [-0.25, -0.2) is 0 Å². The van der Waals surface area contributed by atoms with Crippen LogP contribution in [0.1, 0.15) is 28.4 Å². The van der Waals surface area contributed by atoms with Crippen molar-refractivity contribution < 1.29 is 0 Å². The van der Waals surface area contributed by atoms with Crippen LogP contribution in [0.15, 0.2) is 36.5 Å². The van der Waals surface area contributed by atoms with E-state index >= 15 is 0 Å². The summed E-state index contributed by atoms with van der Waals surface area (Å²) in [5, 5.41) is 0. The summed E-state index contributed by atoms with van der Waals surface area (Å²) in [4.78, 5) is 6.99. The fourth-order valence-electron chi connectivity index (χ4n) is 1.74. The second-order valence-corrected chi connectivity index (χ2v) is 5.10. The molecule has 0 spiro atoms. The maximum Gasteiger partial charge on any atom is 0.0608 e. The number of thiophene rings is 1. The zero-order chi connectivity index (χ0) is 12.1. The first-order valence-corrected chi connectivity index (χ1v) is 6.59. The van der Waals surface area contributed by atoms with E-state index in [1.54, 1.807) is 0 Å². The number of hydrazine groups is 1. The molecule has 0 aliphatic heterocycles. The molecule has 4 heteroatoms. The Morgan fingerprint density at radius 1 is 1.35 bits per heavy atom. The highest BCUT2D eigenvalue weighted by atomic mass is 32.1. The highest BCUT2D eigenvalue weighted by molar-refractivity contribution is 7.12. The fourth-order valence-corrected chi connectivity index (χ4v) is 2.75. The van der Waals surface area contributed by atoms with E-state index in [2.05, 4.69) is 29.5 Å². The van der Waals surface area contributed by atoms with Crippen molar-refractivity contribution in [3.05, 3.63) is 52.0 Å². The van der Waals surface area contributed by atoms with Gasteiger partial charge in [-0.05, 0) is 30.7 Å². The van der Waals surface area contributed by atoms with Crippen LogP contribution >= 0.6 is 11.3 Å². The van der Waals surface area contributed by atoms with Gasteiger partial charge >= 0.3 is 0 Å². The van der Waals surface area contributed by atoms with Crippen LogP contribution < -0.4 is 11.3 Å². The SMILES string of the molecule is CCc1ccc(C(Cc2ccccn2)NN)s1. The van der Waals surface area contributed by atoms with Crippen molar-refractivity contribution in [3.63, 3.8) is 0 Å². The standard InChI is InChI=1S/C13H17N3S/c1-2-11-6-7-13(17-11)12(16-14)9-10-5-3-4-8-15-10/h3-8,12,16H,2,9,14H2,1H3.